The largest absolute Gasteiger partial charge is 0.472 e. The summed E-state index contributed by atoms with van der Waals surface area (Å²) in [6.07, 6.45) is 74.4. The van der Waals surface area contributed by atoms with Gasteiger partial charge in [-0.15, -0.1) is 0 Å². The summed E-state index contributed by atoms with van der Waals surface area (Å²) >= 11 is 0. The van der Waals surface area contributed by atoms with Crippen molar-refractivity contribution < 1.29 is 80.2 Å². The maximum atomic E-state index is 13.1. The zero-order chi connectivity index (χ0) is 73.2. The van der Waals surface area contributed by atoms with Gasteiger partial charge in [0.25, 0.3) is 0 Å². The van der Waals surface area contributed by atoms with Crippen LogP contribution in [0.15, 0.2) is 72.9 Å². The fraction of sp³-hybridized carbons (Fsp3) is 0.802. The molecule has 0 aliphatic rings. The van der Waals surface area contributed by atoms with E-state index >= 15 is 0 Å². The molecule has 0 saturated carbocycles. The van der Waals surface area contributed by atoms with Gasteiger partial charge in [-0.1, -0.05) is 268 Å². The summed E-state index contributed by atoms with van der Waals surface area (Å²) in [5.74, 6) is -2.19. The molecule has 0 spiro atoms. The van der Waals surface area contributed by atoms with Gasteiger partial charge in [-0.05, 0) is 141 Å². The van der Waals surface area contributed by atoms with E-state index in [0.29, 0.717) is 25.7 Å². The van der Waals surface area contributed by atoms with Crippen LogP contribution in [0.4, 0.5) is 0 Å². The van der Waals surface area contributed by atoms with Gasteiger partial charge in [0.2, 0.25) is 0 Å². The number of allylic oxidation sites excluding steroid dienone is 12. The number of carbonyl (C=O) groups is 4. The molecule has 0 amide bonds. The Morgan fingerprint density at radius 2 is 0.490 bits per heavy atom. The third-order valence-corrected chi connectivity index (χ3v) is 19.0. The summed E-state index contributed by atoms with van der Waals surface area (Å²) in [5.41, 5.74) is 0. The van der Waals surface area contributed by atoms with E-state index in [1.54, 1.807) is 0 Å². The Balaban J connectivity index is 5.36. The molecule has 19 heteroatoms. The van der Waals surface area contributed by atoms with Crippen LogP contribution in [0.2, 0.25) is 0 Å². The van der Waals surface area contributed by atoms with Crippen molar-refractivity contribution in [2.24, 2.45) is 0 Å². The van der Waals surface area contributed by atoms with Gasteiger partial charge in [0.1, 0.15) is 19.3 Å². The molecule has 0 saturated heterocycles. The minimum absolute atomic E-state index is 0.0846. The van der Waals surface area contributed by atoms with Crippen LogP contribution >= 0.6 is 15.6 Å². The Morgan fingerprint density at radius 3 is 0.780 bits per heavy atom. The van der Waals surface area contributed by atoms with Crippen LogP contribution < -0.4 is 0 Å². The lowest BCUT2D eigenvalue weighted by Gasteiger charge is -2.21. The van der Waals surface area contributed by atoms with Crippen LogP contribution in [-0.4, -0.2) is 96.7 Å². The molecule has 3 N–H and O–H groups in total. The monoisotopic (exact) mass is 1450 g/mol. The molecule has 2 unspecified atom stereocenters. The SMILES string of the molecule is CCCCC/C=C\C/C=C\CCCCCCCC(=O)OC[C@H](COP(=O)(O)OC[C@@H](O)COP(=O)(O)OC[C@@H](COC(=O)CCCCCCC/C=C\C/C=C\CCCCC)OC(=O)CCCCCCCCC/C=C\CCCCCC)OC(=O)CCCCCCC/C=C\CCCCCCCC. The van der Waals surface area contributed by atoms with Crippen molar-refractivity contribution in [3.05, 3.63) is 72.9 Å². The normalized spacial score (nSPS) is 14.3. The highest BCUT2D eigenvalue weighted by molar-refractivity contribution is 7.47. The predicted molar refractivity (Wildman–Crippen MR) is 409 cm³/mol. The molecule has 0 fully saturated rings. The molecule has 100 heavy (non-hydrogen) atoms. The first-order valence-corrected chi connectivity index (χ1v) is 43.2. The maximum Gasteiger partial charge on any atom is 0.472 e. The first-order chi connectivity index (χ1) is 48.7. The molecular weight excluding hydrogens is 1310 g/mol. The van der Waals surface area contributed by atoms with E-state index in [9.17, 15) is 43.2 Å². The average molecular weight is 1450 g/mol. The van der Waals surface area contributed by atoms with E-state index in [2.05, 4.69) is 101 Å². The van der Waals surface area contributed by atoms with E-state index in [1.807, 2.05) is 0 Å². The summed E-state index contributed by atoms with van der Waals surface area (Å²) in [4.78, 5) is 73.0. The van der Waals surface area contributed by atoms with Crippen molar-refractivity contribution in [3.8, 4) is 0 Å². The van der Waals surface area contributed by atoms with Crippen LogP contribution in [-0.2, 0) is 65.4 Å². The van der Waals surface area contributed by atoms with Gasteiger partial charge in [-0.3, -0.25) is 37.3 Å². The predicted octanol–water partition coefficient (Wildman–Crippen LogP) is 23.2. The molecule has 0 radical (unpaired) electrons. The van der Waals surface area contributed by atoms with Crippen LogP contribution in [0.3, 0.4) is 0 Å². The Bertz CT molecular complexity index is 2180. The van der Waals surface area contributed by atoms with E-state index in [-0.39, 0.29) is 25.7 Å². The van der Waals surface area contributed by atoms with Crippen molar-refractivity contribution in [2.45, 2.75) is 380 Å². The summed E-state index contributed by atoms with van der Waals surface area (Å²) in [7, 11) is -9.95. The van der Waals surface area contributed by atoms with Crippen molar-refractivity contribution in [1.29, 1.82) is 0 Å². The zero-order valence-corrected chi connectivity index (χ0v) is 65.4. The highest BCUT2D eigenvalue weighted by Gasteiger charge is 2.30. The fourth-order valence-corrected chi connectivity index (χ4v) is 12.5. The minimum Gasteiger partial charge on any atom is -0.462 e. The molecule has 0 bridgehead atoms. The van der Waals surface area contributed by atoms with Gasteiger partial charge in [0, 0.05) is 25.7 Å². The van der Waals surface area contributed by atoms with Crippen molar-refractivity contribution in [2.75, 3.05) is 39.6 Å². The first-order valence-electron chi connectivity index (χ1n) is 40.2. The molecule has 0 aliphatic heterocycles. The van der Waals surface area contributed by atoms with Crippen LogP contribution in [0.5, 0.6) is 0 Å². The number of ether oxygens (including phenoxy) is 4. The lowest BCUT2D eigenvalue weighted by Crippen LogP contribution is -2.30. The van der Waals surface area contributed by atoms with Crippen LogP contribution in [0, 0.1) is 0 Å². The summed E-state index contributed by atoms with van der Waals surface area (Å²) < 4.78 is 68.6. The smallest absolute Gasteiger partial charge is 0.462 e. The van der Waals surface area contributed by atoms with Crippen LogP contribution in [0.1, 0.15) is 362 Å². The number of esters is 4. The summed E-state index contributed by atoms with van der Waals surface area (Å²) in [6, 6.07) is 0. The number of aliphatic hydroxyl groups is 1. The Morgan fingerprint density at radius 1 is 0.280 bits per heavy atom. The van der Waals surface area contributed by atoms with E-state index in [0.717, 1.165) is 180 Å². The van der Waals surface area contributed by atoms with Crippen molar-refractivity contribution >= 4 is 39.5 Å². The Labute approximate surface area is 609 Å². The van der Waals surface area contributed by atoms with Crippen molar-refractivity contribution in [1.82, 2.24) is 0 Å². The molecule has 17 nitrogen and oxygen atoms in total. The maximum absolute atomic E-state index is 13.1. The molecule has 0 aromatic rings. The second-order valence-electron chi connectivity index (χ2n) is 27.0. The van der Waals surface area contributed by atoms with Crippen molar-refractivity contribution in [3.63, 3.8) is 0 Å². The van der Waals surface area contributed by atoms with Gasteiger partial charge in [0.05, 0.1) is 26.4 Å². The van der Waals surface area contributed by atoms with Gasteiger partial charge in [-0.2, -0.15) is 0 Å². The summed E-state index contributed by atoms with van der Waals surface area (Å²) in [6.45, 7) is 4.82. The number of phosphoric ester groups is 2. The Kier molecular flexibility index (Phi) is 71.2. The van der Waals surface area contributed by atoms with Gasteiger partial charge >= 0.3 is 39.5 Å². The number of phosphoric acid groups is 2. The fourth-order valence-electron chi connectivity index (χ4n) is 10.9. The number of rotatable bonds is 76. The molecule has 0 rings (SSSR count). The quantitative estimate of drug-likeness (QED) is 0.0169. The lowest BCUT2D eigenvalue weighted by atomic mass is 10.1. The van der Waals surface area contributed by atoms with E-state index < -0.39 is 97.5 Å². The summed E-state index contributed by atoms with van der Waals surface area (Å²) in [5, 5.41) is 10.6. The highest BCUT2D eigenvalue weighted by atomic mass is 31.2. The average Bonchev–Trinajstić information content (AvgIpc) is 1.01. The second kappa shape index (κ2) is 73.8. The third kappa shape index (κ3) is 72.8. The van der Waals surface area contributed by atoms with Crippen LogP contribution in [0.25, 0.3) is 0 Å². The highest BCUT2D eigenvalue weighted by Crippen LogP contribution is 2.45. The lowest BCUT2D eigenvalue weighted by molar-refractivity contribution is -0.161. The molecular formula is C81H146O17P2. The first kappa shape index (κ1) is 96.5. The molecule has 0 aliphatic carbocycles. The van der Waals surface area contributed by atoms with Gasteiger partial charge < -0.3 is 33.8 Å². The molecule has 0 heterocycles. The number of carbonyl (C=O) groups excluding carboxylic acids is 4. The molecule has 0 aromatic carbocycles. The molecule has 0 aromatic heterocycles. The van der Waals surface area contributed by atoms with E-state index in [4.69, 9.17) is 37.0 Å². The third-order valence-electron chi connectivity index (χ3n) is 17.1. The molecule has 582 valence electrons. The number of unbranched alkanes of at least 4 members (excludes halogenated alkanes) is 38. The molecule has 5 atom stereocenters. The van der Waals surface area contributed by atoms with Gasteiger partial charge in [-0.25, -0.2) is 9.13 Å². The van der Waals surface area contributed by atoms with E-state index in [1.165, 1.54) is 103 Å². The second-order valence-corrected chi connectivity index (χ2v) is 29.9. The number of hydrogen-bond donors (Lipinski definition) is 3. The standard InChI is InChI=1S/C81H146O17P2/c1-5-9-13-17-21-25-29-33-37-41-45-49-53-57-61-65-78(83)91-71-76(97-80(85)67-63-59-55-51-47-43-39-35-31-27-23-19-15-11-7-3)73-95-99(87,88)93-69-75(82)70-94-100(89,90)96-74-77(98-81(86)68-64-60-56-52-48-44-40-36-32-28-24-20-16-12-8-4)72-92-79(84)66-62-58-54-50-46-42-38-34-30-26-22-18-14-10-6-2/h21-22,25-27,31,33-34,36-38,40,75-77,82H,5-20,23-24,28-30,32,35,39,41-74H2,1-4H3,(H,87,88)(H,89,90)/b25-21-,26-22-,31-27-,37-33-,38-34-,40-36-/t75-,76+,77+/m0/s1. The Hall–Kier alpha value is -3.50. The number of hydrogen-bond acceptors (Lipinski definition) is 15. The topological polar surface area (TPSA) is 237 Å². The number of aliphatic hydroxyl groups excluding tert-OH is 1. The minimum atomic E-state index is -4.98. The zero-order valence-electron chi connectivity index (χ0n) is 63.6. The van der Waals surface area contributed by atoms with Gasteiger partial charge in [0.15, 0.2) is 12.2 Å².